The molecule has 0 spiro atoms. The van der Waals surface area contributed by atoms with Gasteiger partial charge in [0.1, 0.15) is 0 Å². The number of aryl methyl sites for hydroxylation is 1. The maximum absolute atomic E-state index is 11.9. The van der Waals surface area contributed by atoms with Crippen molar-refractivity contribution in [2.45, 2.75) is 6.54 Å². The molecule has 0 saturated heterocycles. The maximum Gasteiger partial charge on any atom is 0.331 e. The van der Waals surface area contributed by atoms with Crippen LogP contribution in [0.15, 0.2) is 33.3 Å². The van der Waals surface area contributed by atoms with Crippen molar-refractivity contribution in [3.63, 3.8) is 0 Å². The van der Waals surface area contributed by atoms with Crippen LogP contribution in [0, 0.1) is 11.8 Å². The van der Waals surface area contributed by atoms with E-state index in [2.05, 4.69) is 11.8 Å². The highest BCUT2D eigenvalue weighted by molar-refractivity contribution is 7.10. The predicted octanol–water partition coefficient (Wildman–Crippen LogP) is -0.0330. The second kappa shape index (κ2) is 5.69. The first kappa shape index (κ1) is 13.3. The summed E-state index contributed by atoms with van der Waals surface area (Å²) in [7, 11) is 1.62. The highest BCUT2D eigenvalue weighted by Gasteiger charge is 2.05. The van der Waals surface area contributed by atoms with E-state index < -0.39 is 0 Å². The van der Waals surface area contributed by atoms with Gasteiger partial charge in [-0.15, -0.1) is 11.3 Å². The first-order chi connectivity index (χ1) is 9.11. The Morgan fingerprint density at radius 3 is 2.95 bits per heavy atom. The van der Waals surface area contributed by atoms with Crippen molar-refractivity contribution >= 4 is 11.3 Å². The van der Waals surface area contributed by atoms with E-state index in [1.165, 1.54) is 32.7 Å². The van der Waals surface area contributed by atoms with Gasteiger partial charge < -0.3 is 10.3 Å². The second-order valence-electron chi connectivity index (χ2n) is 3.94. The van der Waals surface area contributed by atoms with Gasteiger partial charge in [0, 0.05) is 35.1 Å². The lowest BCUT2D eigenvalue weighted by molar-refractivity contribution is 0.644. The molecule has 2 N–H and O–H groups in total. The van der Waals surface area contributed by atoms with E-state index in [1.807, 2.05) is 11.4 Å². The zero-order chi connectivity index (χ0) is 13.8. The molecule has 2 aromatic heterocycles. The molecular weight excluding hydrogens is 262 g/mol. The molecule has 0 aliphatic rings. The molecule has 0 aromatic carbocycles. The van der Waals surface area contributed by atoms with E-state index in [4.69, 9.17) is 5.73 Å². The molecule has 0 saturated carbocycles. The summed E-state index contributed by atoms with van der Waals surface area (Å²) in [5, 5.41) is 1.89. The predicted molar refractivity (Wildman–Crippen MR) is 75.3 cm³/mol. The molecule has 0 atom stereocenters. The molecule has 2 rings (SSSR count). The number of hydrogen-bond acceptors (Lipinski definition) is 4. The molecule has 0 amide bonds. The minimum absolute atomic E-state index is 0.265. The van der Waals surface area contributed by atoms with Crippen molar-refractivity contribution < 1.29 is 0 Å². The Bertz CT molecular complexity index is 758. The van der Waals surface area contributed by atoms with E-state index in [1.54, 1.807) is 7.05 Å². The first-order valence-electron chi connectivity index (χ1n) is 5.64. The lowest BCUT2D eigenvalue weighted by atomic mass is 10.3. The maximum atomic E-state index is 11.9. The van der Waals surface area contributed by atoms with Crippen LogP contribution in [0.25, 0.3) is 0 Å². The molecular formula is C13H13N3O2S. The molecule has 0 fully saturated rings. The summed E-state index contributed by atoms with van der Waals surface area (Å²) in [6.45, 7) is 0.575. The van der Waals surface area contributed by atoms with Gasteiger partial charge in [-0.1, -0.05) is 11.8 Å². The number of rotatable bonds is 2. The van der Waals surface area contributed by atoms with Gasteiger partial charge in [0.2, 0.25) is 0 Å². The highest BCUT2D eigenvalue weighted by Crippen LogP contribution is 2.14. The van der Waals surface area contributed by atoms with Crippen LogP contribution in [0.3, 0.4) is 0 Å². The van der Waals surface area contributed by atoms with Gasteiger partial charge in [0.05, 0.1) is 13.1 Å². The van der Waals surface area contributed by atoms with Gasteiger partial charge in [-0.3, -0.25) is 9.36 Å². The molecule has 0 aliphatic heterocycles. The van der Waals surface area contributed by atoms with E-state index >= 15 is 0 Å². The Morgan fingerprint density at radius 1 is 1.42 bits per heavy atom. The fourth-order valence-electron chi connectivity index (χ4n) is 1.60. The van der Waals surface area contributed by atoms with Crippen LogP contribution >= 0.6 is 11.3 Å². The molecule has 0 unspecified atom stereocenters. The van der Waals surface area contributed by atoms with Gasteiger partial charge in [-0.05, 0) is 6.07 Å². The van der Waals surface area contributed by atoms with E-state index in [0.29, 0.717) is 6.54 Å². The van der Waals surface area contributed by atoms with Crippen molar-refractivity contribution in [3.8, 4) is 11.8 Å². The third-order valence-electron chi connectivity index (χ3n) is 2.54. The van der Waals surface area contributed by atoms with Gasteiger partial charge >= 0.3 is 5.69 Å². The number of nitrogens with zero attached hydrogens (tertiary/aromatic N) is 2. The average Bonchev–Trinajstić information content (AvgIpc) is 2.84. The minimum atomic E-state index is -0.324. The summed E-state index contributed by atoms with van der Waals surface area (Å²) in [6, 6.07) is 3.25. The van der Waals surface area contributed by atoms with Crippen LogP contribution in [-0.4, -0.2) is 15.7 Å². The number of aromatic nitrogens is 2. The number of nitrogens with two attached hydrogens (primary N) is 1. The number of hydrogen-bond donors (Lipinski definition) is 1. The van der Waals surface area contributed by atoms with E-state index in [-0.39, 0.29) is 17.8 Å². The molecule has 0 bridgehead atoms. The molecule has 0 aliphatic carbocycles. The molecule has 5 nitrogen and oxygen atoms in total. The fourth-order valence-corrected chi connectivity index (χ4v) is 2.40. The van der Waals surface area contributed by atoms with Gasteiger partial charge in [0.15, 0.2) is 0 Å². The average molecular weight is 275 g/mol. The summed E-state index contributed by atoms with van der Waals surface area (Å²) >= 11 is 1.47. The lowest BCUT2D eigenvalue weighted by Gasteiger charge is -2.04. The molecule has 0 radical (unpaired) electrons. The van der Waals surface area contributed by atoms with Crippen LogP contribution in [-0.2, 0) is 13.6 Å². The van der Waals surface area contributed by atoms with Crippen molar-refractivity contribution in [2.24, 2.45) is 12.8 Å². The highest BCUT2D eigenvalue weighted by atomic mass is 32.1. The van der Waals surface area contributed by atoms with Crippen molar-refractivity contribution in [1.82, 2.24) is 9.13 Å². The molecule has 2 aromatic rings. The van der Waals surface area contributed by atoms with Crippen LogP contribution in [0.1, 0.15) is 10.4 Å². The second-order valence-corrected chi connectivity index (χ2v) is 4.94. The normalized spacial score (nSPS) is 10.0. The summed E-state index contributed by atoms with van der Waals surface area (Å²) < 4.78 is 2.58. The fraction of sp³-hybridized carbons (Fsp3) is 0.231. The van der Waals surface area contributed by atoms with Crippen molar-refractivity contribution in [3.05, 3.63) is 55.0 Å². The summed E-state index contributed by atoms with van der Waals surface area (Å²) in [6.07, 6.45) is 1.47. The zero-order valence-electron chi connectivity index (χ0n) is 10.4. The Morgan fingerprint density at radius 2 is 2.21 bits per heavy atom. The summed E-state index contributed by atoms with van der Waals surface area (Å²) in [5.74, 6) is 5.68. The SMILES string of the molecule is Cn1ccc(=O)n(Cc2cc(C#CCN)cs2)c1=O. The Labute approximate surface area is 113 Å². The quantitative estimate of drug-likeness (QED) is 0.782. The van der Waals surface area contributed by atoms with Crippen molar-refractivity contribution in [2.75, 3.05) is 6.54 Å². The van der Waals surface area contributed by atoms with E-state index in [9.17, 15) is 9.59 Å². The summed E-state index contributed by atoms with van der Waals surface area (Å²) in [5.41, 5.74) is 5.53. The lowest BCUT2D eigenvalue weighted by Crippen LogP contribution is -2.37. The van der Waals surface area contributed by atoms with E-state index in [0.717, 1.165) is 10.4 Å². The van der Waals surface area contributed by atoms with Crippen LogP contribution in [0.2, 0.25) is 0 Å². The minimum Gasteiger partial charge on any atom is -0.320 e. The first-order valence-corrected chi connectivity index (χ1v) is 6.52. The van der Waals surface area contributed by atoms with Crippen LogP contribution < -0.4 is 17.0 Å². The Hall–Kier alpha value is -2.10. The third-order valence-corrected chi connectivity index (χ3v) is 3.46. The number of thiophene rings is 1. The zero-order valence-corrected chi connectivity index (χ0v) is 11.2. The summed E-state index contributed by atoms with van der Waals surface area (Å²) in [4.78, 5) is 24.5. The van der Waals surface area contributed by atoms with Crippen molar-refractivity contribution in [1.29, 1.82) is 0 Å². The molecule has 6 heteroatoms. The topological polar surface area (TPSA) is 70.0 Å². The van der Waals surface area contributed by atoms with Crippen LogP contribution in [0.4, 0.5) is 0 Å². The van der Waals surface area contributed by atoms with Gasteiger partial charge in [0.25, 0.3) is 5.56 Å². The molecule has 98 valence electrons. The Balaban J connectivity index is 2.32. The third kappa shape index (κ3) is 3.02. The molecule has 2 heterocycles. The monoisotopic (exact) mass is 275 g/mol. The Kier molecular flexibility index (Phi) is 4.00. The largest absolute Gasteiger partial charge is 0.331 e. The smallest absolute Gasteiger partial charge is 0.320 e. The molecule has 19 heavy (non-hydrogen) atoms. The van der Waals surface area contributed by atoms with Gasteiger partial charge in [-0.25, -0.2) is 4.79 Å². The van der Waals surface area contributed by atoms with Crippen LogP contribution in [0.5, 0.6) is 0 Å². The standard InChI is InChI=1S/C13H13N3O2S/c1-15-6-4-12(17)16(13(15)18)8-11-7-10(9-19-11)3-2-5-14/h4,6-7,9H,5,8,14H2,1H3. The van der Waals surface area contributed by atoms with Gasteiger partial charge in [-0.2, -0.15) is 0 Å².